The molecule has 3 saturated heterocycles. The molecule has 162 valence electrons. The predicted octanol–water partition coefficient (Wildman–Crippen LogP) is 2.99. The SMILES string of the molecule is CC(Sc1ncccc1C(=O)N1CCC2CCC(C1)N2)C(=O)N1CCCC1.Cl.Cl. The number of carbonyl (C=O) groups is 2. The first-order valence-electron chi connectivity index (χ1n) is 10.1. The highest BCUT2D eigenvalue weighted by Crippen LogP contribution is 2.29. The number of pyridine rings is 1. The topological polar surface area (TPSA) is 65.5 Å². The van der Waals surface area contributed by atoms with Gasteiger partial charge in [0, 0.05) is 44.5 Å². The van der Waals surface area contributed by atoms with Crippen molar-refractivity contribution in [1.29, 1.82) is 0 Å². The highest BCUT2D eigenvalue weighted by atomic mass is 35.5. The van der Waals surface area contributed by atoms with E-state index in [2.05, 4.69) is 10.3 Å². The van der Waals surface area contributed by atoms with Crippen LogP contribution in [0.1, 0.15) is 49.4 Å². The van der Waals surface area contributed by atoms with E-state index in [1.807, 2.05) is 28.9 Å². The largest absolute Gasteiger partial charge is 0.342 e. The normalized spacial score (nSPS) is 24.3. The molecule has 0 saturated carbocycles. The van der Waals surface area contributed by atoms with Crippen LogP contribution < -0.4 is 5.32 Å². The van der Waals surface area contributed by atoms with Crippen LogP contribution in [0.3, 0.4) is 0 Å². The molecule has 0 spiro atoms. The van der Waals surface area contributed by atoms with Crippen LogP contribution in [-0.4, -0.2) is 70.1 Å². The molecule has 3 unspecified atom stereocenters. The van der Waals surface area contributed by atoms with Gasteiger partial charge >= 0.3 is 0 Å². The highest BCUT2D eigenvalue weighted by Gasteiger charge is 2.33. The molecule has 4 heterocycles. The second kappa shape index (κ2) is 10.8. The number of hydrogen-bond acceptors (Lipinski definition) is 5. The summed E-state index contributed by atoms with van der Waals surface area (Å²) in [7, 11) is 0. The van der Waals surface area contributed by atoms with Gasteiger partial charge in [-0.3, -0.25) is 9.59 Å². The highest BCUT2D eigenvalue weighted by molar-refractivity contribution is 8.00. The number of fused-ring (bicyclic) bond motifs is 2. The van der Waals surface area contributed by atoms with E-state index < -0.39 is 0 Å². The van der Waals surface area contributed by atoms with Crippen molar-refractivity contribution in [2.45, 2.75) is 61.4 Å². The maximum absolute atomic E-state index is 13.2. The fourth-order valence-corrected chi connectivity index (χ4v) is 5.35. The quantitative estimate of drug-likeness (QED) is 0.699. The lowest BCUT2D eigenvalue weighted by Crippen LogP contribution is -2.39. The van der Waals surface area contributed by atoms with Crippen molar-refractivity contribution in [2.24, 2.45) is 0 Å². The molecule has 2 amide bonds. The van der Waals surface area contributed by atoms with E-state index in [0.29, 0.717) is 22.7 Å². The van der Waals surface area contributed by atoms with Crippen LogP contribution >= 0.6 is 36.6 Å². The first-order valence-corrected chi connectivity index (χ1v) is 11.0. The zero-order valence-corrected chi connectivity index (χ0v) is 19.2. The Labute approximate surface area is 189 Å². The molecule has 2 bridgehead atoms. The van der Waals surface area contributed by atoms with Gasteiger partial charge in [0.1, 0.15) is 5.03 Å². The molecular formula is C20H30Cl2N4O2S. The van der Waals surface area contributed by atoms with Crippen LogP contribution in [0.15, 0.2) is 23.4 Å². The first-order chi connectivity index (χ1) is 13.1. The molecular weight excluding hydrogens is 431 g/mol. The van der Waals surface area contributed by atoms with Gasteiger partial charge in [-0.15, -0.1) is 24.8 Å². The number of rotatable bonds is 4. The van der Waals surface area contributed by atoms with Crippen molar-refractivity contribution >= 4 is 48.4 Å². The molecule has 3 aliphatic heterocycles. The maximum Gasteiger partial charge on any atom is 0.256 e. The third kappa shape index (κ3) is 5.57. The molecule has 0 aromatic carbocycles. The van der Waals surface area contributed by atoms with Crippen molar-refractivity contribution in [2.75, 3.05) is 26.2 Å². The molecule has 6 nitrogen and oxygen atoms in total. The van der Waals surface area contributed by atoms with E-state index in [9.17, 15) is 9.59 Å². The maximum atomic E-state index is 13.2. The Bertz CT molecular complexity index is 717. The number of carbonyl (C=O) groups excluding carboxylic acids is 2. The van der Waals surface area contributed by atoms with Crippen LogP contribution in [0.2, 0.25) is 0 Å². The van der Waals surface area contributed by atoms with Crippen LogP contribution in [0.5, 0.6) is 0 Å². The summed E-state index contributed by atoms with van der Waals surface area (Å²) in [5, 5.41) is 4.06. The average Bonchev–Trinajstić information content (AvgIpc) is 3.31. The van der Waals surface area contributed by atoms with E-state index >= 15 is 0 Å². The van der Waals surface area contributed by atoms with Gasteiger partial charge in [0.15, 0.2) is 0 Å². The Morgan fingerprint density at radius 1 is 1.10 bits per heavy atom. The van der Waals surface area contributed by atoms with E-state index in [1.54, 1.807) is 6.20 Å². The van der Waals surface area contributed by atoms with Crippen molar-refractivity contribution in [3.05, 3.63) is 23.9 Å². The molecule has 1 N–H and O–H groups in total. The van der Waals surface area contributed by atoms with E-state index in [-0.39, 0.29) is 41.9 Å². The molecule has 0 aliphatic carbocycles. The number of nitrogens with zero attached hydrogens (tertiary/aromatic N) is 3. The molecule has 9 heteroatoms. The summed E-state index contributed by atoms with van der Waals surface area (Å²) in [5.74, 6) is 0.193. The summed E-state index contributed by atoms with van der Waals surface area (Å²) in [5.41, 5.74) is 0.626. The summed E-state index contributed by atoms with van der Waals surface area (Å²) in [6, 6.07) is 4.62. The zero-order valence-electron chi connectivity index (χ0n) is 16.7. The van der Waals surface area contributed by atoms with Gasteiger partial charge in [-0.05, 0) is 51.2 Å². The summed E-state index contributed by atoms with van der Waals surface area (Å²) in [6.45, 7) is 5.16. The number of aromatic nitrogens is 1. The standard InChI is InChI=1S/C20H28N4O2S.2ClH/c1-14(19(25)23-10-2-3-11-23)27-18-17(5-4-9-21-18)20(26)24-12-8-15-6-7-16(13-24)22-15;;/h4-5,9,14-16,22H,2-3,6-8,10-13H2,1H3;2*1H. The lowest BCUT2D eigenvalue weighted by Gasteiger charge is -2.25. The Hall–Kier alpha value is -1.02. The van der Waals surface area contributed by atoms with Gasteiger partial charge in [0.05, 0.1) is 10.8 Å². The van der Waals surface area contributed by atoms with Crippen LogP contribution in [-0.2, 0) is 4.79 Å². The number of likely N-dealkylation sites (tertiary alicyclic amines) is 2. The van der Waals surface area contributed by atoms with Gasteiger partial charge in [-0.1, -0.05) is 11.8 Å². The number of nitrogens with one attached hydrogen (secondary N) is 1. The Balaban J connectivity index is 0.00000150. The molecule has 3 aliphatic rings. The second-order valence-corrected chi connectivity index (χ2v) is 9.16. The van der Waals surface area contributed by atoms with Crippen LogP contribution in [0.4, 0.5) is 0 Å². The lowest BCUT2D eigenvalue weighted by atomic mass is 10.1. The van der Waals surface area contributed by atoms with E-state index in [4.69, 9.17) is 0 Å². The number of hydrogen-bond donors (Lipinski definition) is 1. The Kier molecular flexibility index (Phi) is 9.07. The summed E-state index contributed by atoms with van der Waals surface area (Å²) >= 11 is 1.41. The zero-order chi connectivity index (χ0) is 18.8. The second-order valence-electron chi connectivity index (χ2n) is 7.83. The number of thioether (sulfide) groups is 1. The Morgan fingerprint density at radius 2 is 1.83 bits per heavy atom. The molecule has 0 radical (unpaired) electrons. The minimum atomic E-state index is -0.230. The monoisotopic (exact) mass is 460 g/mol. The fourth-order valence-electron chi connectivity index (χ4n) is 4.36. The molecule has 3 fully saturated rings. The Morgan fingerprint density at radius 3 is 2.59 bits per heavy atom. The van der Waals surface area contributed by atoms with Crippen LogP contribution in [0, 0.1) is 0 Å². The molecule has 29 heavy (non-hydrogen) atoms. The minimum absolute atomic E-state index is 0. The molecule has 4 rings (SSSR count). The van der Waals surface area contributed by atoms with Crippen molar-refractivity contribution in [3.8, 4) is 0 Å². The van der Waals surface area contributed by atoms with E-state index in [1.165, 1.54) is 18.2 Å². The van der Waals surface area contributed by atoms with Gasteiger partial charge in [0.2, 0.25) is 5.91 Å². The summed E-state index contributed by atoms with van der Waals surface area (Å²) < 4.78 is 0. The number of halogens is 2. The summed E-state index contributed by atoms with van der Waals surface area (Å²) in [4.78, 5) is 34.2. The molecule has 3 atom stereocenters. The van der Waals surface area contributed by atoms with E-state index in [0.717, 1.165) is 51.9 Å². The first kappa shape index (κ1) is 24.3. The lowest BCUT2D eigenvalue weighted by molar-refractivity contribution is -0.129. The summed E-state index contributed by atoms with van der Waals surface area (Å²) in [6.07, 6.45) is 7.25. The smallest absolute Gasteiger partial charge is 0.256 e. The minimum Gasteiger partial charge on any atom is -0.342 e. The third-order valence-electron chi connectivity index (χ3n) is 5.87. The van der Waals surface area contributed by atoms with Crippen molar-refractivity contribution < 1.29 is 9.59 Å². The molecule has 1 aromatic heterocycles. The fraction of sp³-hybridized carbons (Fsp3) is 0.650. The van der Waals surface area contributed by atoms with Gasteiger partial charge < -0.3 is 15.1 Å². The van der Waals surface area contributed by atoms with Gasteiger partial charge in [-0.2, -0.15) is 0 Å². The van der Waals surface area contributed by atoms with Gasteiger partial charge in [-0.25, -0.2) is 4.98 Å². The molecule has 1 aromatic rings. The van der Waals surface area contributed by atoms with Crippen LogP contribution in [0.25, 0.3) is 0 Å². The van der Waals surface area contributed by atoms with Gasteiger partial charge in [0.25, 0.3) is 5.91 Å². The predicted molar refractivity (Wildman–Crippen MR) is 120 cm³/mol. The van der Waals surface area contributed by atoms with Crippen molar-refractivity contribution in [3.63, 3.8) is 0 Å². The average molecular weight is 461 g/mol. The number of amides is 2. The third-order valence-corrected chi connectivity index (χ3v) is 6.97. The van der Waals surface area contributed by atoms with Crippen molar-refractivity contribution in [1.82, 2.24) is 20.1 Å².